The van der Waals surface area contributed by atoms with Gasteiger partial charge in [0.1, 0.15) is 0 Å². The number of aliphatic hydroxyl groups is 1. The van der Waals surface area contributed by atoms with Crippen LogP contribution in [0.1, 0.15) is 51.4 Å². The SMILES string of the molecule is CCCN1CCC(O)(Cc2cc(CC)nn2CC)CC1. The second-order valence-corrected chi connectivity index (χ2v) is 6.04. The van der Waals surface area contributed by atoms with Crippen LogP contribution in [0.25, 0.3) is 0 Å². The van der Waals surface area contributed by atoms with E-state index in [0.29, 0.717) is 0 Å². The monoisotopic (exact) mass is 279 g/mol. The highest BCUT2D eigenvalue weighted by molar-refractivity contribution is 5.13. The minimum Gasteiger partial charge on any atom is -0.389 e. The van der Waals surface area contributed by atoms with Gasteiger partial charge in [-0.15, -0.1) is 0 Å². The number of hydrogen-bond acceptors (Lipinski definition) is 3. The maximum atomic E-state index is 10.8. The van der Waals surface area contributed by atoms with Crippen LogP contribution in [0.2, 0.25) is 0 Å². The fraction of sp³-hybridized carbons (Fsp3) is 0.812. The topological polar surface area (TPSA) is 41.3 Å². The van der Waals surface area contributed by atoms with E-state index in [4.69, 9.17) is 0 Å². The van der Waals surface area contributed by atoms with E-state index in [0.717, 1.165) is 57.6 Å². The van der Waals surface area contributed by atoms with E-state index in [1.165, 1.54) is 12.1 Å². The van der Waals surface area contributed by atoms with E-state index < -0.39 is 5.60 Å². The minimum absolute atomic E-state index is 0.539. The predicted octanol–water partition coefficient (Wildman–Crippen LogP) is 2.24. The van der Waals surface area contributed by atoms with Crippen LogP contribution in [-0.4, -0.2) is 45.0 Å². The molecule has 0 atom stereocenters. The molecule has 0 aliphatic carbocycles. The molecular weight excluding hydrogens is 250 g/mol. The zero-order valence-electron chi connectivity index (χ0n) is 13.2. The Kier molecular flexibility index (Phi) is 5.22. The Balaban J connectivity index is 2.00. The van der Waals surface area contributed by atoms with Gasteiger partial charge in [0.2, 0.25) is 0 Å². The molecule has 0 saturated carbocycles. The van der Waals surface area contributed by atoms with E-state index in [9.17, 15) is 5.11 Å². The van der Waals surface area contributed by atoms with Crippen molar-refractivity contribution in [1.82, 2.24) is 14.7 Å². The molecule has 20 heavy (non-hydrogen) atoms. The lowest BCUT2D eigenvalue weighted by Gasteiger charge is -2.38. The predicted molar refractivity (Wildman–Crippen MR) is 81.9 cm³/mol. The number of hydrogen-bond donors (Lipinski definition) is 1. The molecule has 0 aromatic carbocycles. The molecule has 0 unspecified atom stereocenters. The maximum Gasteiger partial charge on any atom is 0.0727 e. The van der Waals surface area contributed by atoms with Gasteiger partial charge >= 0.3 is 0 Å². The van der Waals surface area contributed by atoms with Crippen molar-refractivity contribution >= 4 is 0 Å². The molecule has 1 aromatic rings. The maximum absolute atomic E-state index is 10.8. The van der Waals surface area contributed by atoms with E-state index in [1.807, 2.05) is 0 Å². The van der Waals surface area contributed by atoms with Gasteiger partial charge in [0.15, 0.2) is 0 Å². The molecule has 0 radical (unpaired) electrons. The largest absolute Gasteiger partial charge is 0.389 e. The van der Waals surface area contributed by atoms with Crippen LogP contribution >= 0.6 is 0 Å². The quantitative estimate of drug-likeness (QED) is 0.868. The van der Waals surface area contributed by atoms with Crippen molar-refractivity contribution in [2.45, 2.75) is 65.0 Å². The van der Waals surface area contributed by atoms with Crippen molar-refractivity contribution in [3.05, 3.63) is 17.5 Å². The zero-order chi connectivity index (χ0) is 14.6. The lowest BCUT2D eigenvalue weighted by molar-refractivity contribution is -0.0218. The second kappa shape index (κ2) is 6.72. The number of nitrogens with zero attached hydrogens (tertiary/aromatic N) is 3. The minimum atomic E-state index is -0.539. The Morgan fingerprint density at radius 1 is 1.25 bits per heavy atom. The third-order valence-corrected chi connectivity index (χ3v) is 4.41. The highest BCUT2D eigenvalue weighted by atomic mass is 16.3. The van der Waals surface area contributed by atoms with E-state index in [-0.39, 0.29) is 0 Å². The molecule has 4 nitrogen and oxygen atoms in total. The van der Waals surface area contributed by atoms with E-state index in [1.54, 1.807) is 0 Å². The second-order valence-electron chi connectivity index (χ2n) is 6.04. The summed E-state index contributed by atoms with van der Waals surface area (Å²) in [5, 5.41) is 15.4. The molecule has 0 bridgehead atoms. The number of piperidine rings is 1. The molecule has 2 rings (SSSR count). The van der Waals surface area contributed by atoms with Gasteiger partial charge in [0.25, 0.3) is 0 Å². The number of rotatable bonds is 6. The van der Waals surface area contributed by atoms with Crippen LogP contribution in [0, 0.1) is 0 Å². The molecule has 1 fully saturated rings. The third-order valence-electron chi connectivity index (χ3n) is 4.41. The fourth-order valence-electron chi connectivity index (χ4n) is 3.13. The summed E-state index contributed by atoms with van der Waals surface area (Å²) in [6.45, 7) is 10.5. The first-order valence-electron chi connectivity index (χ1n) is 8.10. The van der Waals surface area contributed by atoms with Gasteiger partial charge in [0, 0.05) is 31.7 Å². The van der Waals surface area contributed by atoms with Gasteiger partial charge in [-0.05, 0) is 45.2 Å². The van der Waals surface area contributed by atoms with Crippen molar-refractivity contribution in [2.75, 3.05) is 19.6 Å². The van der Waals surface area contributed by atoms with Crippen LogP contribution in [0.5, 0.6) is 0 Å². The first-order valence-corrected chi connectivity index (χ1v) is 8.10. The van der Waals surface area contributed by atoms with Crippen molar-refractivity contribution in [1.29, 1.82) is 0 Å². The molecule has 1 N–H and O–H groups in total. The third kappa shape index (κ3) is 3.61. The summed E-state index contributed by atoms with van der Waals surface area (Å²) in [7, 11) is 0. The number of aryl methyl sites for hydroxylation is 2. The van der Waals surface area contributed by atoms with Gasteiger partial charge in [0.05, 0.1) is 11.3 Å². The lowest BCUT2D eigenvalue weighted by Crippen LogP contribution is -2.46. The van der Waals surface area contributed by atoms with E-state index in [2.05, 4.69) is 41.5 Å². The van der Waals surface area contributed by atoms with Crippen LogP contribution < -0.4 is 0 Å². The molecule has 114 valence electrons. The number of aromatic nitrogens is 2. The normalized spacial score (nSPS) is 19.4. The van der Waals surface area contributed by atoms with Crippen LogP contribution in [0.3, 0.4) is 0 Å². The molecule has 0 amide bonds. The smallest absolute Gasteiger partial charge is 0.0727 e. The summed E-state index contributed by atoms with van der Waals surface area (Å²) in [5.41, 5.74) is 1.78. The highest BCUT2D eigenvalue weighted by Crippen LogP contribution is 2.27. The Morgan fingerprint density at radius 2 is 1.95 bits per heavy atom. The van der Waals surface area contributed by atoms with Gasteiger partial charge in [-0.1, -0.05) is 13.8 Å². The summed E-state index contributed by atoms with van der Waals surface area (Å²) in [6.07, 6.45) is 4.66. The standard InChI is InChI=1S/C16H29N3O/c1-4-9-18-10-7-16(20,8-11-18)13-15-12-14(5-2)17-19(15)6-3/h12,20H,4-11,13H2,1-3H3. The molecule has 1 aliphatic heterocycles. The van der Waals surface area contributed by atoms with E-state index >= 15 is 0 Å². The first kappa shape index (κ1) is 15.5. The van der Waals surface area contributed by atoms with Gasteiger partial charge in [-0.3, -0.25) is 4.68 Å². The summed E-state index contributed by atoms with van der Waals surface area (Å²) in [4.78, 5) is 2.46. The van der Waals surface area contributed by atoms with Gasteiger partial charge < -0.3 is 10.0 Å². The summed E-state index contributed by atoms with van der Waals surface area (Å²) in [5.74, 6) is 0. The van der Waals surface area contributed by atoms with Crippen LogP contribution in [0.4, 0.5) is 0 Å². The van der Waals surface area contributed by atoms with Crippen LogP contribution in [0.15, 0.2) is 6.07 Å². The Labute approximate surface area is 122 Å². The molecule has 1 saturated heterocycles. The molecule has 2 heterocycles. The molecule has 1 aliphatic rings. The van der Waals surface area contributed by atoms with Crippen LogP contribution in [-0.2, 0) is 19.4 Å². The molecule has 4 heteroatoms. The van der Waals surface area contributed by atoms with Crippen molar-refractivity contribution < 1.29 is 5.11 Å². The van der Waals surface area contributed by atoms with Crippen molar-refractivity contribution in [3.63, 3.8) is 0 Å². The first-order chi connectivity index (χ1) is 9.60. The van der Waals surface area contributed by atoms with Crippen molar-refractivity contribution in [3.8, 4) is 0 Å². The highest BCUT2D eigenvalue weighted by Gasteiger charge is 2.33. The average molecular weight is 279 g/mol. The summed E-state index contributed by atoms with van der Waals surface area (Å²) in [6, 6.07) is 2.17. The van der Waals surface area contributed by atoms with Gasteiger partial charge in [-0.25, -0.2) is 0 Å². The summed E-state index contributed by atoms with van der Waals surface area (Å²) < 4.78 is 2.05. The van der Waals surface area contributed by atoms with Gasteiger partial charge in [-0.2, -0.15) is 5.10 Å². The Morgan fingerprint density at radius 3 is 2.50 bits per heavy atom. The fourth-order valence-corrected chi connectivity index (χ4v) is 3.13. The van der Waals surface area contributed by atoms with Crippen molar-refractivity contribution in [2.24, 2.45) is 0 Å². The number of likely N-dealkylation sites (tertiary alicyclic amines) is 1. The Hall–Kier alpha value is -0.870. The summed E-state index contributed by atoms with van der Waals surface area (Å²) >= 11 is 0. The average Bonchev–Trinajstić information content (AvgIpc) is 2.83. The molecule has 0 spiro atoms. The molecule has 1 aromatic heterocycles. The Bertz CT molecular complexity index is 419. The lowest BCUT2D eigenvalue weighted by atomic mass is 9.87. The molecular formula is C16H29N3O. The zero-order valence-corrected chi connectivity index (χ0v) is 13.2.